The largest absolute Gasteiger partial charge is 0.337 e. The monoisotopic (exact) mass is 305 g/mol. The summed E-state index contributed by atoms with van der Waals surface area (Å²) in [6.07, 6.45) is 5.14. The van der Waals surface area contributed by atoms with E-state index < -0.39 is 10.0 Å². The van der Waals surface area contributed by atoms with Crippen LogP contribution in [0.3, 0.4) is 0 Å². The fourth-order valence-corrected chi connectivity index (χ4v) is 4.48. The molecule has 1 aliphatic rings. The van der Waals surface area contributed by atoms with Crippen LogP contribution < -0.4 is 0 Å². The highest BCUT2D eigenvalue weighted by molar-refractivity contribution is 7.89. The van der Waals surface area contributed by atoms with Crippen LogP contribution in [0.1, 0.15) is 31.5 Å². The molecule has 0 spiro atoms. The normalized spacial score (nSPS) is 21.7. The Morgan fingerprint density at radius 3 is 2.79 bits per heavy atom. The Bertz CT molecular complexity index is 520. The van der Waals surface area contributed by atoms with Crippen molar-refractivity contribution >= 4 is 21.6 Å². The van der Waals surface area contributed by atoms with Gasteiger partial charge in [0.05, 0.1) is 0 Å². The van der Waals surface area contributed by atoms with Crippen molar-refractivity contribution in [1.82, 2.24) is 13.9 Å². The van der Waals surface area contributed by atoms with Gasteiger partial charge in [0.15, 0.2) is 5.03 Å². The van der Waals surface area contributed by atoms with E-state index in [9.17, 15) is 8.42 Å². The average molecular weight is 306 g/mol. The smallest absolute Gasteiger partial charge is 0.262 e. The number of alkyl halides is 1. The number of nitrogens with zero attached hydrogens (tertiary/aromatic N) is 3. The van der Waals surface area contributed by atoms with Gasteiger partial charge in [-0.05, 0) is 26.2 Å². The van der Waals surface area contributed by atoms with Crippen LogP contribution in [0.25, 0.3) is 0 Å². The molecule has 1 fully saturated rings. The predicted octanol–water partition coefficient (Wildman–Crippen LogP) is 1.90. The molecule has 1 aromatic heterocycles. The van der Waals surface area contributed by atoms with Gasteiger partial charge in [0.2, 0.25) is 0 Å². The topological polar surface area (TPSA) is 55.2 Å². The molecule has 1 atom stereocenters. The van der Waals surface area contributed by atoms with E-state index in [0.717, 1.165) is 19.3 Å². The summed E-state index contributed by atoms with van der Waals surface area (Å²) in [4.78, 5) is 4.15. The molecule has 0 radical (unpaired) electrons. The fourth-order valence-electron chi connectivity index (χ4n) is 2.48. The van der Waals surface area contributed by atoms with Gasteiger partial charge in [-0.2, -0.15) is 4.31 Å². The SMILES string of the molecule is Cc1nc(S(=O)(=O)N2CCCCC2CCCl)cn1C. The summed E-state index contributed by atoms with van der Waals surface area (Å²) < 4.78 is 28.6. The van der Waals surface area contributed by atoms with Crippen molar-refractivity contribution in [1.29, 1.82) is 0 Å². The van der Waals surface area contributed by atoms with Crippen molar-refractivity contribution in [3.05, 3.63) is 12.0 Å². The second kappa shape index (κ2) is 5.81. The highest BCUT2D eigenvalue weighted by Crippen LogP contribution is 2.26. The van der Waals surface area contributed by atoms with Gasteiger partial charge in [-0.25, -0.2) is 13.4 Å². The van der Waals surface area contributed by atoms with Crippen LogP contribution >= 0.6 is 11.6 Å². The standard InChI is InChI=1S/C12H20ClN3O2S/c1-10-14-12(9-15(10)2)19(17,18)16-8-4-3-5-11(16)6-7-13/h9,11H,3-8H2,1-2H3. The van der Waals surface area contributed by atoms with E-state index in [2.05, 4.69) is 4.98 Å². The molecule has 1 unspecified atom stereocenters. The second-order valence-electron chi connectivity index (χ2n) is 4.98. The van der Waals surface area contributed by atoms with E-state index in [-0.39, 0.29) is 11.1 Å². The first kappa shape index (κ1) is 14.8. The summed E-state index contributed by atoms with van der Waals surface area (Å²) in [6, 6.07) is 0.0126. The molecule has 2 heterocycles. The molecule has 0 amide bonds. The van der Waals surface area contributed by atoms with E-state index in [4.69, 9.17) is 11.6 Å². The quantitative estimate of drug-likeness (QED) is 0.798. The first-order chi connectivity index (χ1) is 8.96. The molecule has 0 aliphatic carbocycles. The van der Waals surface area contributed by atoms with Crippen LogP contribution in [-0.2, 0) is 17.1 Å². The third kappa shape index (κ3) is 2.95. The molecule has 0 saturated carbocycles. The van der Waals surface area contributed by atoms with Gasteiger partial charge in [-0.15, -0.1) is 11.6 Å². The van der Waals surface area contributed by atoms with E-state index in [0.29, 0.717) is 24.7 Å². The molecular weight excluding hydrogens is 286 g/mol. The van der Waals surface area contributed by atoms with E-state index >= 15 is 0 Å². The van der Waals surface area contributed by atoms with Crippen LogP contribution in [0.2, 0.25) is 0 Å². The minimum Gasteiger partial charge on any atom is -0.337 e. The number of hydrogen-bond acceptors (Lipinski definition) is 3. The van der Waals surface area contributed by atoms with E-state index in [1.165, 1.54) is 0 Å². The minimum absolute atomic E-state index is 0.0126. The lowest BCUT2D eigenvalue weighted by Gasteiger charge is -2.33. The van der Waals surface area contributed by atoms with Crippen LogP contribution in [0, 0.1) is 6.92 Å². The second-order valence-corrected chi connectivity index (χ2v) is 7.20. The van der Waals surface area contributed by atoms with E-state index in [1.54, 1.807) is 29.0 Å². The molecule has 2 rings (SSSR count). The molecular formula is C12H20ClN3O2S. The van der Waals surface area contributed by atoms with Gasteiger partial charge in [0.1, 0.15) is 5.82 Å². The van der Waals surface area contributed by atoms with Crippen molar-refractivity contribution < 1.29 is 8.42 Å². The Hall–Kier alpha value is -0.590. The highest BCUT2D eigenvalue weighted by atomic mass is 35.5. The zero-order valence-corrected chi connectivity index (χ0v) is 12.9. The van der Waals surface area contributed by atoms with Gasteiger partial charge in [-0.1, -0.05) is 6.42 Å². The number of halogens is 1. The first-order valence-electron chi connectivity index (χ1n) is 6.54. The highest BCUT2D eigenvalue weighted by Gasteiger charge is 2.34. The van der Waals surface area contributed by atoms with Crippen LogP contribution in [0.15, 0.2) is 11.2 Å². The van der Waals surface area contributed by atoms with Gasteiger partial charge < -0.3 is 4.57 Å². The lowest BCUT2D eigenvalue weighted by atomic mass is 10.0. The number of aromatic nitrogens is 2. The summed E-state index contributed by atoms with van der Waals surface area (Å²) in [7, 11) is -1.69. The molecule has 0 N–H and O–H groups in total. The number of rotatable bonds is 4. The number of imidazole rings is 1. The Balaban J connectivity index is 2.31. The Morgan fingerprint density at radius 1 is 1.47 bits per heavy atom. The zero-order valence-electron chi connectivity index (χ0n) is 11.3. The van der Waals surface area contributed by atoms with Gasteiger partial charge in [0.25, 0.3) is 10.0 Å². The van der Waals surface area contributed by atoms with E-state index in [1.807, 2.05) is 0 Å². The summed E-state index contributed by atoms with van der Waals surface area (Å²) >= 11 is 5.78. The van der Waals surface area contributed by atoms with Crippen LogP contribution in [0.4, 0.5) is 0 Å². The van der Waals surface area contributed by atoms with Crippen molar-refractivity contribution in [3.8, 4) is 0 Å². The summed E-state index contributed by atoms with van der Waals surface area (Å²) in [6.45, 7) is 2.37. The molecule has 1 aromatic rings. The molecule has 1 aliphatic heterocycles. The summed E-state index contributed by atoms with van der Waals surface area (Å²) in [5.41, 5.74) is 0. The summed E-state index contributed by atoms with van der Waals surface area (Å²) in [5, 5.41) is 0.147. The number of piperidine rings is 1. The first-order valence-corrected chi connectivity index (χ1v) is 8.52. The third-order valence-corrected chi connectivity index (χ3v) is 5.72. The maximum atomic E-state index is 12.6. The molecule has 7 heteroatoms. The lowest BCUT2D eigenvalue weighted by molar-refractivity contribution is 0.247. The maximum Gasteiger partial charge on any atom is 0.262 e. The molecule has 19 heavy (non-hydrogen) atoms. The Morgan fingerprint density at radius 2 is 2.21 bits per heavy atom. The van der Waals surface area contributed by atoms with Gasteiger partial charge in [0, 0.05) is 31.7 Å². The maximum absolute atomic E-state index is 12.6. The molecule has 0 bridgehead atoms. The molecule has 0 aromatic carbocycles. The van der Waals surface area contributed by atoms with Crippen molar-refractivity contribution in [2.45, 2.75) is 43.7 Å². The fraction of sp³-hybridized carbons (Fsp3) is 0.750. The predicted molar refractivity (Wildman–Crippen MR) is 74.8 cm³/mol. The average Bonchev–Trinajstić information content (AvgIpc) is 2.71. The molecule has 108 valence electrons. The van der Waals surface area contributed by atoms with Crippen molar-refractivity contribution in [3.63, 3.8) is 0 Å². The Labute approximate surface area is 119 Å². The number of sulfonamides is 1. The Kier molecular flexibility index (Phi) is 4.53. The lowest BCUT2D eigenvalue weighted by Crippen LogP contribution is -2.44. The number of aryl methyl sites for hydroxylation is 2. The van der Waals surface area contributed by atoms with Crippen LogP contribution in [0.5, 0.6) is 0 Å². The van der Waals surface area contributed by atoms with Gasteiger partial charge >= 0.3 is 0 Å². The summed E-state index contributed by atoms with van der Waals surface area (Å²) in [5.74, 6) is 1.18. The third-order valence-electron chi connectivity index (χ3n) is 3.67. The van der Waals surface area contributed by atoms with Crippen molar-refractivity contribution in [2.75, 3.05) is 12.4 Å². The minimum atomic E-state index is -3.49. The van der Waals surface area contributed by atoms with Crippen LogP contribution in [-0.4, -0.2) is 40.7 Å². The molecule has 1 saturated heterocycles. The van der Waals surface area contributed by atoms with Gasteiger partial charge in [-0.3, -0.25) is 0 Å². The zero-order chi connectivity index (χ0) is 14.0. The molecule has 5 nitrogen and oxygen atoms in total. The number of hydrogen-bond donors (Lipinski definition) is 0. The van der Waals surface area contributed by atoms with Crippen molar-refractivity contribution in [2.24, 2.45) is 7.05 Å².